The second kappa shape index (κ2) is 10.2. The van der Waals surface area contributed by atoms with E-state index in [9.17, 15) is 18.8 Å². The summed E-state index contributed by atoms with van der Waals surface area (Å²) in [6.07, 6.45) is 3.72. The van der Waals surface area contributed by atoms with Crippen LogP contribution in [0, 0.1) is 12.7 Å². The van der Waals surface area contributed by atoms with Gasteiger partial charge in [-0.05, 0) is 49.6 Å². The number of carbonyl (C=O) groups excluding carboxylic acids is 3. The van der Waals surface area contributed by atoms with Crippen LogP contribution in [0.1, 0.15) is 31.2 Å². The Balaban J connectivity index is 1.46. The minimum Gasteiger partial charge on any atom is -0.380 e. The molecule has 4 rings (SSSR count). The van der Waals surface area contributed by atoms with E-state index < -0.39 is 23.8 Å². The number of aryl methyl sites for hydroxylation is 1. The lowest BCUT2D eigenvalue weighted by Gasteiger charge is -2.27. The number of likely N-dealkylation sites (tertiary alicyclic amines) is 1. The number of nitrogens with one attached hydrogen (secondary N) is 2. The first-order valence-corrected chi connectivity index (χ1v) is 11.3. The highest BCUT2D eigenvalue weighted by atomic mass is 19.1. The summed E-state index contributed by atoms with van der Waals surface area (Å²) in [4.78, 5) is 45.1. The molecule has 9 nitrogen and oxygen atoms in total. The maximum atomic E-state index is 14.8. The molecule has 0 radical (unpaired) electrons. The number of methoxy groups -OCH3 is 1. The van der Waals surface area contributed by atoms with Gasteiger partial charge in [-0.15, -0.1) is 0 Å². The zero-order chi connectivity index (χ0) is 24.2. The van der Waals surface area contributed by atoms with Gasteiger partial charge in [0.2, 0.25) is 11.8 Å². The van der Waals surface area contributed by atoms with Gasteiger partial charge in [0.05, 0.1) is 11.8 Å². The van der Waals surface area contributed by atoms with E-state index in [2.05, 4.69) is 15.6 Å². The minimum absolute atomic E-state index is 0.0142. The molecule has 1 aromatic heterocycles. The van der Waals surface area contributed by atoms with Crippen molar-refractivity contribution in [3.05, 3.63) is 47.9 Å². The van der Waals surface area contributed by atoms with Crippen molar-refractivity contribution < 1.29 is 23.5 Å². The number of piperidine rings is 1. The smallest absolute Gasteiger partial charge is 0.323 e. The Hall–Kier alpha value is -3.53. The number of halogens is 1. The van der Waals surface area contributed by atoms with E-state index in [0.717, 1.165) is 18.4 Å². The lowest BCUT2D eigenvalue weighted by Crippen LogP contribution is -2.45. The van der Waals surface area contributed by atoms with Crippen molar-refractivity contribution in [3.8, 4) is 0 Å². The Morgan fingerprint density at radius 1 is 1.18 bits per heavy atom. The van der Waals surface area contributed by atoms with Crippen LogP contribution in [0.15, 0.2) is 36.5 Å². The van der Waals surface area contributed by atoms with Gasteiger partial charge in [0.1, 0.15) is 17.7 Å². The molecule has 2 atom stereocenters. The van der Waals surface area contributed by atoms with Crippen molar-refractivity contribution in [3.63, 3.8) is 0 Å². The Labute approximate surface area is 197 Å². The number of urea groups is 1. The molecule has 4 amide bonds. The van der Waals surface area contributed by atoms with Gasteiger partial charge >= 0.3 is 6.03 Å². The number of carbonyl (C=O) groups is 3. The molecule has 3 heterocycles. The van der Waals surface area contributed by atoms with E-state index in [0.29, 0.717) is 24.5 Å². The number of benzene rings is 1. The van der Waals surface area contributed by atoms with Gasteiger partial charge in [0, 0.05) is 44.9 Å². The zero-order valence-electron chi connectivity index (χ0n) is 19.2. The zero-order valence-corrected chi connectivity index (χ0v) is 19.2. The number of ether oxygens (including phenoxy) is 1. The van der Waals surface area contributed by atoms with Crippen molar-refractivity contribution >= 4 is 35.0 Å². The monoisotopic (exact) mass is 469 g/mol. The molecule has 2 aromatic rings. The fourth-order valence-electron chi connectivity index (χ4n) is 4.23. The molecular weight excluding hydrogens is 441 g/mol. The molecule has 0 saturated carbocycles. The molecule has 0 unspecified atom stereocenters. The van der Waals surface area contributed by atoms with Gasteiger partial charge in [-0.3, -0.25) is 14.9 Å². The number of hydrogen-bond acceptors (Lipinski definition) is 5. The lowest BCUT2D eigenvalue weighted by molar-refractivity contribution is -0.120. The van der Waals surface area contributed by atoms with Crippen molar-refractivity contribution in [1.82, 2.24) is 9.88 Å². The van der Waals surface area contributed by atoms with Gasteiger partial charge in [-0.2, -0.15) is 0 Å². The van der Waals surface area contributed by atoms with Crippen molar-refractivity contribution in [2.45, 2.75) is 44.8 Å². The molecule has 10 heteroatoms. The highest BCUT2D eigenvalue weighted by Crippen LogP contribution is 2.27. The average molecular weight is 470 g/mol. The van der Waals surface area contributed by atoms with Crippen LogP contribution in [0.2, 0.25) is 0 Å². The second-order valence-electron chi connectivity index (χ2n) is 8.57. The van der Waals surface area contributed by atoms with E-state index in [1.54, 1.807) is 23.2 Å². The predicted octanol–water partition coefficient (Wildman–Crippen LogP) is 3.31. The summed E-state index contributed by atoms with van der Waals surface area (Å²) in [6, 6.07) is 6.46. The summed E-state index contributed by atoms with van der Waals surface area (Å²) in [5.41, 5.74) is 1.40. The molecule has 1 aromatic carbocycles. The molecule has 0 bridgehead atoms. The van der Waals surface area contributed by atoms with Gasteiger partial charge in [-0.1, -0.05) is 6.07 Å². The SMILES string of the molecule is CO[C@@H]1C[C@H](C(=O)Nc2ccc(N3CCCCC3=O)cc2F)N(C(=O)Nc2ccc(C)cn2)C1. The molecule has 2 N–H and O–H groups in total. The Kier molecular flexibility index (Phi) is 7.06. The van der Waals surface area contributed by atoms with Crippen molar-refractivity contribution in [2.75, 3.05) is 35.7 Å². The molecule has 2 aliphatic rings. The fourth-order valence-corrected chi connectivity index (χ4v) is 4.23. The molecule has 2 saturated heterocycles. The van der Waals surface area contributed by atoms with Gasteiger partial charge in [-0.25, -0.2) is 14.2 Å². The van der Waals surface area contributed by atoms with Crippen LogP contribution < -0.4 is 15.5 Å². The first kappa shape index (κ1) is 23.6. The number of aromatic nitrogens is 1. The average Bonchev–Trinajstić information content (AvgIpc) is 3.27. The van der Waals surface area contributed by atoms with Gasteiger partial charge < -0.3 is 19.9 Å². The number of anilines is 3. The maximum absolute atomic E-state index is 14.8. The first-order chi connectivity index (χ1) is 16.4. The Bertz CT molecular complexity index is 1080. The topological polar surface area (TPSA) is 104 Å². The van der Waals surface area contributed by atoms with E-state index in [1.807, 2.05) is 13.0 Å². The molecule has 2 aliphatic heterocycles. The third-order valence-corrected chi connectivity index (χ3v) is 6.15. The highest BCUT2D eigenvalue weighted by Gasteiger charge is 2.40. The number of rotatable bonds is 5. The van der Waals surface area contributed by atoms with Gasteiger partial charge in [0.15, 0.2) is 0 Å². The summed E-state index contributed by atoms with van der Waals surface area (Å²) in [6.45, 7) is 2.65. The van der Waals surface area contributed by atoms with Crippen LogP contribution in [0.3, 0.4) is 0 Å². The highest BCUT2D eigenvalue weighted by molar-refractivity contribution is 6.00. The number of pyridine rings is 1. The normalized spacial score (nSPS) is 20.4. The maximum Gasteiger partial charge on any atom is 0.323 e. The van der Waals surface area contributed by atoms with Gasteiger partial charge in [0.25, 0.3) is 0 Å². The first-order valence-electron chi connectivity index (χ1n) is 11.3. The summed E-state index contributed by atoms with van der Waals surface area (Å²) >= 11 is 0. The van der Waals surface area contributed by atoms with Crippen LogP contribution in [0.4, 0.5) is 26.4 Å². The fraction of sp³-hybridized carbons (Fsp3) is 0.417. The summed E-state index contributed by atoms with van der Waals surface area (Å²) < 4.78 is 20.2. The third kappa shape index (κ3) is 5.17. The molecule has 34 heavy (non-hydrogen) atoms. The summed E-state index contributed by atoms with van der Waals surface area (Å²) in [7, 11) is 1.52. The molecular formula is C24H28FN5O4. The van der Waals surface area contributed by atoms with E-state index >= 15 is 0 Å². The van der Waals surface area contributed by atoms with Crippen molar-refractivity contribution in [2.24, 2.45) is 0 Å². The summed E-state index contributed by atoms with van der Waals surface area (Å²) in [5.74, 6) is -0.842. The minimum atomic E-state index is -0.849. The van der Waals surface area contributed by atoms with Crippen LogP contribution in [-0.2, 0) is 14.3 Å². The number of nitrogens with zero attached hydrogens (tertiary/aromatic N) is 3. The molecule has 180 valence electrons. The van der Waals surface area contributed by atoms with E-state index in [1.165, 1.54) is 24.1 Å². The number of amides is 4. The Morgan fingerprint density at radius 3 is 2.68 bits per heavy atom. The predicted molar refractivity (Wildman–Crippen MR) is 125 cm³/mol. The van der Waals surface area contributed by atoms with E-state index in [-0.39, 0.29) is 30.7 Å². The second-order valence-corrected chi connectivity index (χ2v) is 8.57. The quantitative estimate of drug-likeness (QED) is 0.699. The van der Waals surface area contributed by atoms with Crippen LogP contribution in [-0.4, -0.2) is 60.1 Å². The van der Waals surface area contributed by atoms with Crippen LogP contribution in [0.5, 0.6) is 0 Å². The third-order valence-electron chi connectivity index (χ3n) is 6.15. The molecule has 0 aliphatic carbocycles. The summed E-state index contributed by atoms with van der Waals surface area (Å²) in [5, 5.41) is 5.28. The molecule has 2 fully saturated rings. The van der Waals surface area contributed by atoms with E-state index in [4.69, 9.17) is 4.74 Å². The largest absolute Gasteiger partial charge is 0.380 e. The van der Waals surface area contributed by atoms with Crippen LogP contribution in [0.25, 0.3) is 0 Å². The number of hydrogen-bond donors (Lipinski definition) is 2. The van der Waals surface area contributed by atoms with Crippen molar-refractivity contribution in [1.29, 1.82) is 0 Å². The van der Waals surface area contributed by atoms with Crippen LogP contribution >= 0.6 is 0 Å². The lowest BCUT2D eigenvalue weighted by atomic mass is 10.1. The Morgan fingerprint density at radius 2 is 2.00 bits per heavy atom. The standard InChI is InChI=1S/C24H28FN5O4/c1-15-6-9-21(26-13-15)28-24(33)30-14-17(34-2)12-20(30)23(32)27-19-8-7-16(11-18(19)25)29-10-4-3-5-22(29)31/h6-9,11,13,17,20H,3-5,10,12,14H2,1-2H3,(H,27,32)(H,26,28,33)/t17-,20-/m1/s1. The molecule has 0 spiro atoms.